The highest BCUT2D eigenvalue weighted by atomic mass is 16.5. The van der Waals surface area contributed by atoms with Crippen molar-refractivity contribution in [2.24, 2.45) is 11.8 Å². The summed E-state index contributed by atoms with van der Waals surface area (Å²) >= 11 is 0. The molecule has 0 unspecified atom stereocenters. The molecule has 1 N–H and O–H groups in total. The predicted octanol–water partition coefficient (Wildman–Crippen LogP) is 3.80. The topological polar surface area (TPSA) is 80.0 Å². The van der Waals surface area contributed by atoms with E-state index in [0.717, 1.165) is 5.39 Å². The number of nitrogens with zero attached hydrogens (tertiary/aromatic N) is 1. The van der Waals surface area contributed by atoms with Crippen molar-refractivity contribution in [2.45, 2.75) is 13.5 Å². The van der Waals surface area contributed by atoms with Gasteiger partial charge in [0, 0.05) is 24.0 Å². The van der Waals surface area contributed by atoms with E-state index in [1.807, 2.05) is 61.5 Å². The van der Waals surface area contributed by atoms with E-state index in [9.17, 15) is 14.7 Å². The summed E-state index contributed by atoms with van der Waals surface area (Å²) in [5.41, 5.74) is 1.29. The molecule has 6 heteroatoms. The number of likely N-dealkylation sites (tertiary alicyclic amines) is 1. The Labute approximate surface area is 162 Å². The maximum absolute atomic E-state index is 13.1. The number of carbonyl (C=O) groups excluding carboxylic acids is 1. The quantitative estimate of drug-likeness (QED) is 0.729. The largest absolute Gasteiger partial charge is 0.489 e. The van der Waals surface area contributed by atoms with E-state index in [2.05, 4.69) is 0 Å². The summed E-state index contributed by atoms with van der Waals surface area (Å²) < 4.78 is 11.7. The molecule has 144 valence electrons. The van der Waals surface area contributed by atoms with Crippen molar-refractivity contribution >= 4 is 22.8 Å². The Bertz CT molecular complexity index is 1010. The number of aliphatic carboxylic acids is 1. The SMILES string of the molecule is C[C@@H]1CN(C(=O)c2oc3ccccc3c2COc2ccccc2)C[C@H]1C(=O)O. The number of amides is 1. The molecule has 0 spiro atoms. The van der Waals surface area contributed by atoms with Gasteiger partial charge in [0.2, 0.25) is 0 Å². The van der Waals surface area contributed by atoms with Crippen LogP contribution >= 0.6 is 0 Å². The molecule has 1 amide bonds. The first-order valence-electron chi connectivity index (χ1n) is 9.25. The maximum atomic E-state index is 13.1. The molecular formula is C22H21NO5. The van der Waals surface area contributed by atoms with Crippen LogP contribution in [0, 0.1) is 11.8 Å². The summed E-state index contributed by atoms with van der Waals surface area (Å²) in [5, 5.41) is 10.2. The third kappa shape index (κ3) is 3.33. The van der Waals surface area contributed by atoms with Crippen LogP contribution in [-0.4, -0.2) is 35.0 Å². The average Bonchev–Trinajstić information content (AvgIpc) is 3.27. The number of furan rings is 1. The molecule has 1 saturated heterocycles. The second kappa shape index (κ2) is 7.38. The molecule has 1 aliphatic heterocycles. The Kier molecular flexibility index (Phi) is 4.77. The van der Waals surface area contributed by atoms with E-state index in [-0.39, 0.29) is 30.7 Å². The first-order valence-corrected chi connectivity index (χ1v) is 9.25. The van der Waals surface area contributed by atoms with Crippen molar-refractivity contribution in [1.29, 1.82) is 0 Å². The summed E-state index contributed by atoms with van der Waals surface area (Å²) in [6.45, 7) is 2.62. The molecule has 6 nitrogen and oxygen atoms in total. The number of rotatable bonds is 5. The number of hydrogen-bond donors (Lipinski definition) is 1. The van der Waals surface area contributed by atoms with Crippen LogP contribution in [0.3, 0.4) is 0 Å². The van der Waals surface area contributed by atoms with Gasteiger partial charge in [-0.3, -0.25) is 9.59 Å². The van der Waals surface area contributed by atoms with E-state index in [1.165, 1.54) is 0 Å². The maximum Gasteiger partial charge on any atom is 0.308 e. The first kappa shape index (κ1) is 18.1. The minimum absolute atomic E-state index is 0.102. The van der Waals surface area contributed by atoms with Crippen molar-refractivity contribution < 1.29 is 23.8 Å². The minimum Gasteiger partial charge on any atom is -0.489 e. The van der Waals surface area contributed by atoms with Crippen LogP contribution in [0.25, 0.3) is 11.0 Å². The van der Waals surface area contributed by atoms with Gasteiger partial charge in [0.25, 0.3) is 5.91 Å². The minimum atomic E-state index is -0.875. The smallest absolute Gasteiger partial charge is 0.308 e. The molecule has 2 aromatic carbocycles. The van der Waals surface area contributed by atoms with Crippen molar-refractivity contribution in [3.63, 3.8) is 0 Å². The lowest BCUT2D eigenvalue weighted by Crippen LogP contribution is -2.30. The zero-order valence-corrected chi connectivity index (χ0v) is 15.5. The van der Waals surface area contributed by atoms with E-state index < -0.39 is 11.9 Å². The van der Waals surface area contributed by atoms with Crippen LogP contribution in [0.1, 0.15) is 23.0 Å². The van der Waals surface area contributed by atoms with Gasteiger partial charge in [0.05, 0.1) is 5.92 Å². The van der Waals surface area contributed by atoms with Gasteiger partial charge in [-0.05, 0) is 24.1 Å². The lowest BCUT2D eigenvalue weighted by atomic mass is 9.99. The van der Waals surface area contributed by atoms with Gasteiger partial charge >= 0.3 is 5.97 Å². The lowest BCUT2D eigenvalue weighted by molar-refractivity contribution is -0.142. The number of carboxylic acids is 1. The van der Waals surface area contributed by atoms with Gasteiger partial charge < -0.3 is 19.2 Å². The Balaban J connectivity index is 1.64. The molecule has 28 heavy (non-hydrogen) atoms. The average molecular weight is 379 g/mol. The molecular weight excluding hydrogens is 358 g/mol. The summed E-state index contributed by atoms with van der Waals surface area (Å²) in [6.07, 6.45) is 0. The standard InChI is InChI=1S/C22H21NO5/c1-14-11-23(12-17(14)22(25)26)21(24)20-18(13-27-15-7-3-2-4-8-15)16-9-5-6-10-19(16)28-20/h2-10,14,17H,11-13H2,1H3,(H,25,26)/t14-,17-/m1/s1. The summed E-state index contributed by atoms with van der Waals surface area (Å²) in [5.74, 6) is -0.909. The van der Waals surface area contributed by atoms with Gasteiger partial charge in [-0.25, -0.2) is 0 Å². The number of carboxylic acid groups (broad SMARTS) is 1. The van der Waals surface area contributed by atoms with Crippen LogP contribution in [0.4, 0.5) is 0 Å². The molecule has 0 aliphatic carbocycles. The van der Waals surface area contributed by atoms with Crippen LogP contribution in [-0.2, 0) is 11.4 Å². The van der Waals surface area contributed by atoms with E-state index in [0.29, 0.717) is 23.4 Å². The Morgan fingerprint density at radius 3 is 2.54 bits per heavy atom. The monoisotopic (exact) mass is 379 g/mol. The summed E-state index contributed by atoms with van der Waals surface area (Å²) in [6, 6.07) is 16.8. The highest BCUT2D eigenvalue weighted by molar-refractivity contribution is 5.99. The molecule has 3 aromatic rings. The summed E-state index contributed by atoms with van der Waals surface area (Å²) in [7, 11) is 0. The molecule has 1 aromatic heterocycles. The lowest BCUT2D eigenvalue weighted by Gasteiger charge is -2.15. The Hall–Kier alpha value is -3.28. The second-order valence-corrected chi connectivity index (χ2v) is 7.14. The first-order chi connectivity index (χ1) is 13.5. The molecule has 4 rings (SSSR count). The van der Waals surface area contributed by atoms with Crippen LogP contribution in [0.2, 0.25) is 0 Å². The fourth-order valence-corrected chi connectivity index (χ4v) is 3.68. The van der Waals surface area contributed by atoms with Crippen molar-refractivity contribution in [3.05, 3.63) is 65.9 Å². The molecule has 0 saturated carbocycles. The number of hydrogen-bond acceptors (Lipinski definition) is 4. The fraction of sp³-hybridized carbons (Fsp3) is 0.273. The van der Waals surface area contributed by atoms with Crippen molar-refractivity contribution in [1.82, 2.24) is 4.90 Å². The van der Waals surface area contributed by atoms with Gasteiger partial charge in [0.15, 0.2) is 5.76 Å². The number of carbonyl (C=O) groups is 2. The van der Waals surface area contributed by atoms with Gasteiger partial charge in [-0.2, -0.15) is 0 Å². The zero-order chi connectivity index (χ0) is 19.7. The third-order valence-corrected chi connectivity index (χ3v) is 5.24. The van der Waals surface area contributed by atoms with E-state index in [4.69, 9.17) is 9.15 Å². The molecule has 2 atom stereocenters. The summed E-state index contributed by atoms with van der Waals surface area (Å²) in [4.78, 5) is 26.1. The number of ether oxygens (including phenoxy) is 1. The third-order valence-electron chi connectivity index (χ3n) is 5.24. The zero-order valence-electron chi connectivity index (χ0n) is 15.5. The van der Waals surface area contributed by atoms with Crippen LogP contribution in [0.5, 0.6) is 5.75 Å². The highest BCUT2D eigenvalue weighted by Crippen LogP contribution is 2.31. The molecule has 1 fully saturated rings. The predicted molar refractivity (Wildman–Crippen MR) is 103 cm³/mol. The van der Waals surface area contributed by atoms with Gasteiger partial charge in [-0.15, -0.1) is 0 Å². The second-order valence-electron chi connectivity index (χ2n) is 7.14. The van der Waals surface area contributed by atoms with Crippen LogP contribution in [0.15, 0.2) is 59.0 Å². The number of para-hydroxylation sites is 2. The van der Waals surface area contributed by atoms with Crippen molar-refractivity contribution in [2.75, 3.05) is 13.1 Å². The molecule has 0 radical (unpaired) electrons. The Morgan fingerprint density at radius 2 is 1.82 bits per heavy atom. The number of fused-ring (bicyclic) bond motifs is 1. The van der Waals surface area contributed by atoms with Gasteiger partial charge in [0.1, 0.15) is 17.9 Å². The van der Waals surface area contributed by atoms with E-state index >= 15 is 0 Å². The molecule has 1 aliphatic rings. The Morgan fingerprint density at radius 1 is 1.11 bits per heavy atom. The fourth-order valence-electron chi connectivity index (χ4n) is 3.68. The van der Waals surface area contributed by atoms with Crippen molar-refractivity contribution in [3.8, 4) is 5.75 Å². The normalized spacial score (nSPS) is 19.1. The molecule has 2 heterocycles. The van der Waals surface area contributed by atoms with E-state index in [1.54, 1.807) is 4.90 Å². The van der Waals surface area contributed by atoms with Crippen LogP contribution < -0.4 is 4.74 Å². The highest BCUT2D eigenvalue weighted by Gasteiger charge is 2.39. The van der Waals surface area contributed by atoms with Gasteiger partial charge in [-0.1, -0.05) is 43.3 Å². The molecule has 0 bridgehead atoms. The number of benzene rings is 2.